The van der Waals surface area contributed by atoms with Crippen LogP contribution >= 0.6 is 0 Å². The van der Waals surface area contributed by atoms with Crippen LogP contribution in [0.4, 0.5) is 0 Å². The molecule has 2 heterocycles. The van der Waals surface area contributed by atoms with Crippen LogP contribution in [0.15, 0.2) is 47.5 Å². The van der Waals surface area contributed by atoms with E-state index in [1.807, 2.05) is 25.1 Å². The largest absolute Gasteiger partial charge is 0.340 e. The summed E-state index contributed by atoms with van der Waals surface area (Å²) in [6.07, 6.45) is 1.93. The van der Waals surface area contributed by atoms with Gasteiger partial charge in [-0.2, -0.15) is 9.57 Å². The molecule has 8 heteroatoms. The molecule has 3 rings (SSSR count). The van der Waals surface area contributed by atoms with Crippen LogP contribution in [0.1, 0.15) is 16.8 Å². The maximum Gasteiger partial charge on any atom is 0.244 e. The van der Waals surface area contributed by atoms with Crippen LogP contribution in [0.5, 0.6) is 0 Å². The summed E-state index contributed by atoms with van der Waals surface area (Å²) in [5.74, 6) is -0.0462. The number of aromatic nitrogens is 1. The van der Waals surface area contributed by atoms with Gasteiger partial charge in [-0.3, -0.25) is 9.78 Å². The van der Waals surface area contributed by atoms with E-state index in [1.165, 1.54) is 16.4 Å². The fourth-order valence-electron chi connectivity index (χ4n) is 2.99. The minimum atomic E-state index is -3.75. The summed E-state index contributed by atoms with van der Waals surface area (Å²) in [5.41, 5.74) is 1.86. The number of nitrogens with zero attached hydrogens (tertiary/aromatic N) is 4. The molecule has 140 valence electrons. The first kappa shape index (κ1) is 19.0. The molecule has 0 radical (unpaired) electrons. The van der Waals surface area contributed by atoms with E-state index >= 15 is 0 Å². The van der Waals surface area contributed by atoms with Gasteiger partial charge in [-0.15, -0.1) is 0 Å². The smallest absolute Gasteiger partial charge is 0.244 e. The Balaban J connectivity index is 1.65. The number of sulfonamides is 1. The summed E-state index contributed by atoms with van der Waals surface area (Å²) < 4.78 is 27.0. The van der Waals surface area contributed by atoms with Gasteiger partial charge in [0, 0.05) is 38.1 Å². The Hall–Kier alpha value is -2.76. The monoisotopic (exact) mass is 384 g/mol. The third-order valence-corrected chi connectivity index (χ3v) is 6.50. The number of aryl methyl sites for hydroxylation is 1. The second kappa shape index (κ2) is 7.86. The summed E-state index contributed by atoms with van der Waals surface area (Å²) in [6.45, 7) is 2.95. The van der Waals surface area contributed by atoms with Crippen molar-refractivity contribution in [2.45, 2.75) is 18.2 Å². The first-order valence-corrected chi connectivity index (χ1v) is 10.0. The van der Waals surface area contributed by atoms with Crippen LogP contribution in [-0.4, -0.2) is 54.7 Å². The highest BCUT2D eigenvalue weighted by molar-refractivity contribution is 7.89. The van der Waals surface area contributed by atoms with E-state index in [1.54, 1.807) is 23.2 Å². The molecule has 1 aliphatic rings. The molecule has 1 aromatic heterocycles. The average molecular weight is 384 g/mol. The van der Waals surface area contributed by atoms with Gasteiger partial charge >= 0.3 is 0 Å². The fraction of sp³-hybridized carbons (Fsp3) is 0.316. The van der Waals surface area contributed by atoms with Gasteiger partial charge in [-0.1, -0.05) is 18.2 Å². The predicted octanol–water partition coefficient (Wildman–Crippen LogP) is 1.34. The molecule has 7 nitrogen and oxygen atoms in total. The number of amides is 1. The molecular formula is C19H20N4O3S. The highest BCUT2D eigenvalue weighted by Gasteiger charge is 2.31. The van der Waals surface area contributed by atoms with Crippen LogP contribution in [0.25, 0.3) is 0 Å². The van der Waals surface area contributed by atoms with E-state index in [9.17, 15) is 13.2 Å². The quantitative estimate of drug-likeness (QED) is 0.793. The molecule has 1 amide bonds. The number of pyridine rings is 1. The highest BCUT2D eigenvalue weighted by Crippen LogP contribution is 2.21. The molecule has 1 aliphatic heterocycles. The van der Waals surface area contributed by atoms with Gasteiger partial charge in [0.15, 0.2) is 0 Å². The summed E-state index contributed by atoms with van der Waals surface area (Å²) in [7, 11) is -3.75. The van der Waals surface area contributed by atoms with Gasteiger partial charge in [-0.25, -0.2) is 8.42 Å². The van der Waals surface area contributed by atoms with Crippen molar-refractivity contribution in [3.63, 3.8) is 0 Å². The number of hydrogen-bond acceptors (Lipinski definition) is 5. The summed E-state index contributed by atoms with van der Waals surface area (Å²) in [4.78, 5) is 18.3. The second-order valence-electron chi connectivity index (χ2n) is 6.38. The number of nitriles is 1. The van der Waals surface area contributed by atoms with Gasteiger partial charge in [0.05, 0.1) is 16.9 Å². The number of piperazine rings is 1. The van der Waals surface area contributed by atoms with Gasteiger partial charge in [0.25, 0.3) is 0 Å². The van der Waals surface area contributed by atoms with Crippen LogP contribution < -0.4 is 0 Å². The number of carbonyl (C=O) groups is 1. The van der Waals surface area contributed by atoms with E-state index in [2.05, 4.69) is 4.98 Å². The van der Waals surface area contributed by atoms with Gasteiger partial charge in [0.1, 0.15) is 6.07 Å². The minimum absolute atomic E-state index is 0.0120. The zero-order valence-corrected chi connectivity index (χ0v) is 15.8. The van der Waals surface area contributed by atoms with Crippen molar-refractivity contribution in [2.75, 3.05) is 26.2 Å². The second-order valence-corrected chi connectivity index (χ2v) is 8.28. The topological polar surface area (TPSA) is 94.4 Å². The maximum atomic E-state index is 12.8. The third-order valence-electron chi connectivity index (χ3n) is 4.54. The molecular weight excluding hydrogens is 364 g/mol. The van der Waals surface area contributed by atoms with Crippen LogP contribution in [0.2, 0.25) is 0 Å². The zero-order valence-electron chi connectivity index (χ0n) is 15.0. The first-order chi connectivity index (χ1) is 12.9. The fourth-order valence-corrected chi connectivity index (χ4v) is 4.55. The molecule has 0 bridgehead atoms. The molecule has 27 heavy (non-hydrogen) atoms. The standard InChI is InChI=1S/C19H20N4O3S/c1-15-6-7-16(14-21-15)12-19(24)22-8-10-23(11-9-22)27(25,26)18-5-3-2-4-17(18)13-20/h2-7,14H,8-12H2,1H3. The van der Waals surface area contributed by atoms with Crippen LogP contribution in [0, 0.1) is 18.3 Å². The Bertz CT molecular complexity index is 973. The normalized spacial score (nSPS) is 15.3. The van der Waals surface area contributed by atoms with Crippen LogP contribution in [0.3, 0.4) is 0 Å². The van der Waals surface area contributed by atoms with Crippen LogP contribution in [-0.2, 0) is 21.2 Å². The Labute approximate surface area is 158 Å². The van der Waals surface area contributed by atoms with E-state index in [-0.39, 0.29) is 35.9 Å². The van der Waals surface area contributed by atoms with Crippen molar-refractivity contribution in [2.24, 2.45) is 0 Å². The summed E-state index contributed by atoms with van der Waals surface area (Å²) in [6, 6.07) is 11.8. The average Bonchev–Trinajstić information content (AvgIpc) is 2.69. The first-order valence-electron chi connectivity index (χ1n) is 8.60. The zero-order chi connectivity index (χ0) is 19.4. The number of hydrogen-bond donors (Lipinski definition) is 0. The molecule has 2 aromatic rings. The Kier molecular flexibility index (Phi) is 5.54. The third kappa shape index (κ3) is 4.15. The number of carbonyl (C=O) groups excluding carboxylic acids is 1. The lowest BCUT2D eigenvalue weighted by molar-refractivity contribution is -0.131. The Morgan fingerprint density at radius 1 is 1.15 bits per heavy atom. The van der Waals surface area contributed by atoms with Gasteiger partial charge in [-0.05, 0) is 30.7 Å². The molecule has 1 saturated heterocycles. The molecule has 1 aromatic carbocycles. The van der Waals surface area contributed by atoms with Crippen molar-refractivity contribution < 1.29 is 13.2 Å². The molecule has 0 N–H and O–H groups in total. The maximum absolute atomic E-state index is 12.8. The SMILES string of the molecule is Cc1ccc(CC(=O)N2CCN(S(=O)(=O)c3ccccc3C#N)CC2)cn1. The number of rotatable bonds is 4. The highest BCUT2D eigenvalue weighted by atomic mass is 32.2. The number of benzene rings is 1. The van der Waals surface area contributed by atoms with Gasteiger partial charge in [0.2, 0.25) is 15.9 Å². The molecule has 1 fully saturated rings. The molecule has 0 spiro atoms. The van der Waals surface area contributed by atoms with E-state index in [4.69, 9.17) is 5.26 Å². The Morgan fingerprint density at radius 3 is 2.48 bits per heavy atom. The minimum Gasteiger partial charge on any atom is -0.340 e. The Morgan fingerprint density at radius 2 is 1.85 bits per heavy atom. The molecule has 0 saturated carbocycles. The van der Waals surface area contributed by atoms with Crippen molar-refractivity contribution in [1.29, 1.82) is 5.26 Å². The van der Waals surface area contributed by atoms with Crippen molar-refractivity contribution in [3.05, 3.63) is 59.4 Å². The van der Waals surface area contributed by atoms with E-state index in [0.717, 1.165) is 11.3 Å². The van der Waals surface area contributed by atoms with E-state index < -0.39 is 10.0 Å². The molecule has 0 unspecified atom stereocenters. The molecule has 0 aliphatic carbocycles. The lowest BCUT2D eigenvalue weighted by atomic mass is 10.1. The van der Waals surface area contributed by atoms with Crippen molar-refractivity contribution in [1.82, 2.24) is 14.2 Å². The van der Waals surface area contributed by atoms with E-state index in [0.29, 0.717) is 13.1 Å². The molecule has 0 atom stereocenters. The summed E-state index contributed by atoms with van der Waals surface area (Å²) in [5, 5.41) is 9.16. The lowest BCUT2D eigenvalue weighted by Gasteiger charge is -2.34. The predicted molar refractivity (Wildman–Crippen MR) is 99.2 cm³/mol. The van der Waals surface area contributed by atoms with Gasteiger partial charge < -0.3 is 4.90 Å². The van der Waals surface area contributed by atoms with Crippen molar-refractivity contribution in [3.8, 4) is 6.07 Å². The lowest BCUT2D eigenvalue weighted by Crippen LogP contribution is -2.50. The van der Waals surface area contributed by atoms with Crippen molar-refractivity contribution >= 4 is 15.9 Å². The summed E-state index contributed by atoms with van der Waals surface area (Å²) >= 11 is 0.